The number of thiazole rings is 1. The standard InChI is InChI=1S/C18H28N2S/c1-16(2,3)11-10-12-14(20-13(11)17(4,5)6)21-15(19-12)18(7,8)9/h10H,1-9H3. The molecule has 0 aliphatic carbocycles. The van der Waals surface area contributed by atoms with Crippen molar-refractivity contribution in [1.82, 2.24) is 9.97 Å². The molecule has 0 bridgehead atoms. The molecule has 0 saturated heterocycles. The van der Waals surface area contributed by atoms with E-state index in [0.717, 1.165) is 15.4 Å². The van der Waals surface area contributed by atoms with Gasteiger partial charge in [-0.3, -0.25) is 0 Å². The van der Waals surface area contributed by atoms with Crippen molar-refractivity contribution in [1.29, 1.82) is 0 Å². The van der Waals surface area contributed by atoms with Crippen molar-refractivity contribution < 1.29 is 0 Å². The summed E-state index contributed by atoms with van der Waals surface area (Å²) in [7, 11) is 0. The van der Waals surface area contributed by atoms with E-state index in [9.17, 15) is 0 Å². The lowest BCUT2D eigenvalue weighted by Crippen LogP contribution is -2.23. The predicted molar refractivity (Wildman–Crippen MR) is 93.5 cm³/mol. The largest absolute Gasteiger partial charge is 0.239 e. The van der Waals surface area contributed by atoms with Gasteiger partial charge in [0, 0.05) is 10.8 Å². The van der Waals surface area contributed by atoms with Crippen LogP contribution in [0.3, 0.4) is 0 Å². The van der Waals surface area contributed by atoms with Crippen molar-refractivity contribution in [2.75, 3.05) is 0 Å². The third kappa shape index (κ3) is 3.28. The van der Waals surface area contributed by atoms with Crippen LogP contribution in [-0.2, 0) is 16.2 Å². The molecule has 0 unspecified atom stereocenters. The molecule has 0 atom stereocenters. The average Bonchev–Trinajstić information content (AvgIpc) is 2.66. The van der Waals surface area contributed by atoms with E-state index in [1.807, 2.05) is 0 Å². The first-order chi connectivity index (χ1) is 9.30. The molecule has 0 N–H and O–H groups in total. The zero-order chi connectivity index (χ0) is 16.2. The first-order valence-electron chi connectivity index (χ1n) is 7.63. The summed E-state index contributed by atoms with van der Waals surface area (Å²) in [4.78, 5) is 10.9. The lowest BCUT2D eigenvalue weighted by molar-refractivity contribution is 0.517. The first-order valence-corrected chi connectivity index (χ1v) is 8.45. The zero-order valence-corrected chi connectivity index (χ0v) is 15.7. The topological polar surface area (TPSA) is 25.8 Å². The van der Waals surface area contributed by atoms with Crippen molar-refractivity contribution in [3.8, 4) is 0 Å². The fourth-order valence-corrected chi connectivity index (χ4v) is 3.31. The summed E-state index contributed by atoms with van der Waals surface area (Å²) in [6.45, 7) is 20.1. The SMILES string of the molecule is CC(C)(C)c1nc2cc(C(C)(C)C)c(C(C)(C)C)nc2s1. The molecule has 116 valence electrons. The lowest BCUT2D eigenvalue weighted by Gasteiger charge is -2.28. The number of hydrogen-bond donors (Lipinski definition) is 0. The fraction of sp³-hybridized carbons (Fsp3) is 0.667. The molecule has 2 aromatic heterocycles. The number of rotatable bonds is 0. The molecule has 0 spiro atoms. The molecule has 21 heavy (non-hydrogen) atoms. The molecule has 2 rings (SSSR count). The minimum Gasteiger partial charge on any atom is -0.239 e. The molecule has 2 aromatic rings. The highest BCUT2D eigenvalue weighted by Gasteiger charge is 2.29. The van der Waals surface area contributed by atoms with Gasteiger partial charge in [0.1, 0.15) is 15.4 Å². The van der Waals surface area contributed by atoms with Gasteiger partial charge in [0.15, 0.2) is 0 Å². The maximum atomic E-state index is 5.00. The van der Waals surface area contributed by atoms with E-state index in [4.69, 9.17) is 9.97 Å². The number of pyridine rings is 1. The Labute approximate surface area is 133 Å². The second-order valence-electron chi connectivity index (χ2n) is 8.98. The molecular weight excluding hydrogens is 276 g/mol. The van der Waals surface area contributed by atoms with E-state index >= 15 is 0 Å². The van der Waals surface area contributed by atoms with Gasteiger partial charge in [-0.05, 0) is 17.0 Å². The van der Waals surface area contributed by atoms with Gasteiger partial charge < -0.3 is 0 Å². The van der Waals surface area contributed by atoms with Gasteiger partial charge in [-0.1, -0.05) is 73.7 Å². The van der Waals surface area contributed by atoms with Crippen molar-refractivity contribution in [3.63, 3.8) is 0 Å². The minimum absolute atomic E-state index is 0.0443. The summed E-state index contributed by atoms with van der Waals surface area (Å²) in [5.74, 6) is 0. The van der Waals surface area contributed by atoms with Gasteiger partial charge >= 0.3 is 0 Å². The molecule has 0 radical (unpaired) electrons. The summed E-state index contributed by atoms with van der Waals surface area (Å²) >= 11 is 1.73. The Kier molecular flexibility index (Phi) is 3.73. The smallest absolute Gasteiger partial charge is 0.143 e. The van der Waals surface area contributed by atoms with Crippen LogP contribution in [0.1, 0.15) is 78.6 Å². The van der Waals surface area contributed by atoms with Crippen LogP contribution in [0.2, 0.25) is 0 Å². The van der Waals surface area contributed by atoms with Crippen molar-refractivity contribution in [2.45, 2.75) is 78.6 Å². The number of nitrogens with zero attached hydrogens (tertiary/aromatic N) is 2. The van der Waals surface area contributed by atoms with E-state index in [0.29, 0.717) is 0 Å². The maximum Gasteiger partial charge on any atom is 0.143 e. The molecule has 0 saturated carbocycles. The summed E-state index contributed by atoms with van der Waals surface area (Å²) in [5.41, 5.74) is 3.76. The summed E-state index contributed by atoms with van der Waals surface area (Å²) in [6.07, 6.45) is 0. The van der Waals surface area contributed by atoms with Crippen LogP contribution in [0.15, 0.2) is 6.07 Å². The van der Waals surface area contributed by atoms with E-state index < -0.39 is 0 Å². The molecule has 0 aromatic carbocycles. The Bertz CT molecular complexity index is 610. The highest BCUT2D eigenvalue weighted by molar-refractivity contribution is 7.18. The van der Waals surface area contributed by atoms with Gasteiger partial charge in [0.2, 0.25) is 0 Å². The number of hydrogen-bond acceptors (Lipinski definition) is 3. The molecule has 2 heterocycles. The van der Waals surface area contributed by atoms with Crippen molar-refractivity contribution >= 4 is 21.7 Å². The molecule has 0 aliphatic rings. The molecule has 0 amide bonds. The van der Waals surface area contributed by atoms with Crippen molar-refractivity contribution in [3.05, 3.63) is 22.3 Å². The quantitative estimate of drug-likeness (QED) is 0.634. The highest BCUT2D eigenvalue weighted by atomic mass is 32.1. The van der Waals surface area contributed by atoms with E-state index in [1.54, 1.807) is 11.3 Å². The Balaban J connectivity index is 2.77. The van der Waals surface area contributed by atoms with Crippen LogP contribution in [0.5, 0.6) is 0 Å². The van der Waals surface area contributed by atoms with Crippen LogP contribution in [-0.4, -0.2) is 9.97 Å². The Morgan fingerprint density at radius 1 is 0.762 bits per heavy atom. The second-order valence-corrected chi connectivity index (χ2v) is 9.96. The van der Waals surface area contributed by atoms with Gasteiger partial charge in [-0.15, -0.1) is 0 Å². The van der Waals surface area contributed by atoms with Gasteiger partial charge in [0.25, 0.3) is 0 Å². The minimum atomic E-state index is 0.0443. The fourth-order valence-electron chi connectivity index (χ4n) is 2.33. The predicted octanol–water partition coefficient (Wildman–Crippen LogP) is 5.58. The van der Waals surface area contributed by atoms with Crippen LogP contribution < -0.4 is 0 Å². The van der Waals surface area contributed by atoms with Gasteiger partial charge in [-0.2, -0.15) is 0 Å². The average molecular weight is 305 g/mol. The molecule has 3 heteroatoms. The number of fused-ring (bicyclic) bond motifs is 1. The molecule has 2 nitrogen and oxygen atoms in total. The van der Waals surface area contributed by atoms with Crippen LogP contribution in [0.4, 0.5) is 0 Å². The van der Waals surface area contributed by atoms with Crippen LogP contribution >= 0.6 is 11.3 Å². The third-order valence-electron chi connectivity index (χ3n) is 3.54. The van der Waals surface area contributed by atoms with Crippen LogP contribution in [0.25, 0.3) is 10.3 Å². The van der Waals surface area contributed by atoms with Crippen molar-refractivity contribution in [2.24, 2.45) is 0 Å². The summed E-state index contributed by atoms with van der Waals surface area (Å²) < 4.78 is 0. The molecular formula is C18H28N2S. The summed E-state index contributed by atoms with van der Waals surface area (Å²) in [5, 5.41) is 1.16. The van der Waals surface area contributed by atoms with E-state index in [1.165, 1.54) is 11.3 Å². The Hall–Kier alpha value is -0.960. The Morgan fingerprint density at radius 3 is 1.76 bits per heavy atom. The molecule has 0 fully saturated rings. The molecule has 0 aliphatic heterocycles. The maximum absolute atomic E-state index is 5.00. The Morgan fingerprint density at radius 2 is 1.33 bits per heavy atom. The zero-order valence-electron chi connectivity index (χ0n) is 14.9. The highest BCUT2D eigenvalue weighted by Crippen LogP contribution is 2.37. The third-order valence-corrected chi connectivity index (χ3v) is 4.93. The van der Waals surface area contributed by atoms with E-state index in [2.05, 4.69) is 68.4 Å². The number of aromatic nitrogens is 2. The van der Waals surface area contributed by atoms with E-state index in [-0.39, 0.29) is 16.2 Å². The lowest BCUT2D eigenvalue weighted by atomic mass is 9.78. The normalized spacial score (nSPS) is 14.0. The van der Waals surface area contributed by atoms with Gasteiger partial charge in [0.05, 0.1) is 5.69 Å². The monoisotopic (exact) mass is 304 g/mol. The van der Waals surface area contributed by atoms with Gasteiger partial charge in [-0.25, -0.2) is 9.97 Å². The second kappa shape index (κ2) is 4.77. The summed E-state index contributed by atoms with van der Waals surface area (Å²) in [6, 6.07) is 2.26. The van der Waals surface area contributed by atoms with Crippen LogP contribution in [0, 0.1) is 0 Å². The first kappa shape index (κ1) is 16.4.